The monoisotopic (exact) mass is 291 g/mol. The summed E-state index contributed by atoms with van der Waals surface area (Å²) >= 11 is 0. The molecule has 1 aliphatic rings. The third-order valence-electron chi connectivity index (χ3n) is 3.20. The van der Waals surface area contributed by atoms with Crippen LogP contribution in [0.3, 0.4) is 0 Å². The summed E-state index contributed by atoms with van der Waals surface area (Å²) in [5.41, 5.74) is 0. The van der Waals surface area contributed by atoms with Gasteiger partial charge < -0.3 is 10.2 Å². The van der Waals surface area contributed by atoms with E-state index in [4.69, 9.17) is 0 Å². The maximum Gasteiger partial charge on any atom is 0.317 e. The van der Waals surface area contributed by atoms with Crippen molar-refractivity contribution in [2.24, 2.45) is 0 Å². The van der Waals surface area contributed by atoms with E-state index in [1.54, 1.807) is 4.90 Å². The SMILES string of the molecule is CCCCS(=O)(=O)N1CCN(C(=O)NCCC)CC1. The average Bonchev–Trinajstić information content (AvgIpc) is 2.42. The summed E-state index contributed by atoms with van der Waals surface area (Å²) in [5.74, 6) is 0.214. The number of nitrogens with zero attached hydrogens (tertiary/aromatic N) is 2. The average molecular weight is 291 g/mol. The van der Waals surface area contributed by atoms with Gasteiger partial charge in [-0.2, -0.15) is 4.31 Å². The highest BCUT2D eigenvalue weighted by molar-refractivity contribution is 7.89. The Kier molecular flexibility index (Phi) is 6.57. The molecule has 7 heteroatoms. The second-order valence-electron chi connectivity index (χ2n) is 4.79. The lowest BCUT2D eigenvalue weighted by atomic mass is 10.4. The molecule has 6 nitrogen and oxygen atoms in total. The van der Waals surface area contributed by atoms with Gasteiger partial charge in [0.25, 0.3) is 0 Å². The van der Waals surface area contributed by atoms with Crippen molar-refractivity contribution >= 4 is 16.1 Å². The van der Waals surface area contributed by atoms with Crippen LogP contribution in [-0.4, -0.2) is 62.1 Å². The lowest BCUT2D eigenvalue weighted by Gasteiger charge is -2.34. The van der Waals surface area contributed by atoms with Gasteiger partial charge in [0.05, 0.1) is 5.75 Å². The van der Waals surface area contributed by atoms with Gasteiger partial charge in [-0.3, -0.25) is 0 Å². The second kappa shape index (κ2) is 7.69. The fraction of sp³-hybridized carbons (Fsp3) is 0.917. The van der Waals surface area contributed by atoms with Crippen molar-refractivity contribution in [3.05, 3.63) is 0 Å². The van der Waals surface area contributed by atoms with Gasteiger partial charge in [0, 0.05) is 32.7 Å². The predicted molar refractivity (Wildman–Crippen MR) is 75.5 cm³/mol. The molecule has 0 atom stereocenters. The molecule has 1 saturated heterocycles. The van der Waals surface area contributed by atoms with Gasteiger partial charge in [0.2, 0.25) is 10.0 Å². The van der Waals surface area contributed by atoms with Gasteiger partial charge in [0.1, 0.15) is 0 Å². The molecule has 112 valence electrons. The Bertz CT molecular complexity index is 376. The first-order chi connectivity index (χ1) is 9.01. The van der Waals surface area contributed by atoms with E-state index >= 15 is 0 Å². The molecule has 1 heterocycles. The van der Waals surface area contributed by atoms with Crippen LogP contribution in [0.4, 0.5) is 4.79 Å². The van der Waals surface area contributed by atoms with Crippen LogP contribution in [0.1, 0.15) is 33.1 Å². The Balaban J connectivity index is 2.42. The Labute approximate surface area is 116 Å². The van der Waals surface area contributed by atoms with E-state index < -0.39 is 10.0 Å². The van der Waals surface area contributed by atoms with E-state index in [1.807, 2.05) is 13.8 Å². The summed E-state index contributed by atoms with van der Waals surface area (Å²) in [6.45, 7) is 6.40. The van der Waals surface area contributed by atoms with E-state index in [0.29, 0.717) is 39.1 Å². The number of unbranched alkanes of at least 4 members (excludes halogenated alkanes) is 1. The molecule has 19 heavy (non-hydrogen) atoms. The molecule has 0 aromatic rings. The van der Waals surface area contributed by atoms with Gasteiger partial charge in [-0.15, -0.1) is 0 Å². The molecule has 1 fully saturated rings. The van der Waals surface area contributed by atoms with Crippen molar-refractivity contribution in [1.29, 1.82) is 0 Å². The standard InChI is InChI=1S/C12H25N3O3S/c1-3-5-11-19(17,18)15-9-7-14(8-10-15)12(16)13-6-4-2/h3-11H2,1-2H3,(H,13,16). The number of sulfonamides is 1. The molecule has 0 spiro atoms. The van der Waals surface area contributed by atoms with Gasteiger partial charge in [-0.1, -0.05) is 20.3 Å². The number of urea groups is 1. The number of hydrogen-bond acceptors (Lipinski definition) is 3. The minimum atomic E-state index is -3.14. The predicted octanol–water partition coefficient (Wildman–Crippen LogP) is 0.853. The normalized spacial score (nSPS) is 17.5. The van der Waals surface area contributed by atoms with Crippen molar-refractivity contribution in [2.75, 3.05) is 38.5 Å². The minimum absolute atomic E-state index is 0.0903. The van der Waals surface area contributed by atoms with E-state index in [9.17, 15) is 13.2 Å². The molecule has 0 bridgehead atoms. The van der Waals surface area contributed by atoms with Crippen molar-refractivity contribution in [1.82, 2.24) is 14.5 Å². The van der Waals surface area contributed by atoms with Crippen LogP contribution in [0.2, 0.25) is 0 Å². The van der Waals surface area contributed by atoms with Crippen molar-refractivity contribution in [3.63, 3.8) is 0 Å². The summed E-state index contributed by atoms with van der Waals surface area (Å²) in [5, 5.41) is 2.81. The second-order valence-corrected chi connectivity index (χ2v) is 6.88. The summed E-state index contributed by atoms with van der Waals surface area (Å²) in [7, 11) is -3.14. The third-order valence-corrected chi connectivity index (χ3v) is 5.16. The van der Waals surface area contributed by atoms with E-state index in [2.05, 4.69) is 5.32 Å². The number of carbonyl (C=O) groups is 1. The molecule has 1 N–H and O–H groups in total. The molecule has 1 rings (SSSR count). The molecule has 0 aromatic carbocycles. The summed E-state index contributed by atoms with van der Waals surface area (Å²) < 4.78 is 25.5. The lowest BCUT2D eigenvalue weighted by Crippen LogP contribution is -2.53. The lowest BCUT2D eigenvalue weighted by molar-refractivity contribution is 0.172. The largest absolute Gasteiger partial charge is 0.338 e. The first-order valence-corrected chi connectivity index (χ1v) is 8.62. The first kappa shape index (κ1) is 16.2. The first-order valence-electron chi connectivity index (χ1n) is 7.01. The molecular weight excluding hydrogens is 266 g/mol. The Hall–Kier alpha value is -0.820. The Morgan fingerprint density at radius 3 is 2.26 bits per heavy atom. The van der Waals surface area contributed by atoms with E-state index in [1.165, 1.54) is 4.31 Å². The number of amides is 2. The molecular formula is C12H25N3O3S. The molecule has 1 aliphatic heterocycles. The van der Waals surface area contributed by atoms with Gasteiger partial charge in [0.15, 0.2) is 0 Å². The molecule has 0 unspecified atom stereocenters. The van der Waals surface area contributed by atoms with Crippen LogP contribution < -0.4 is 5.32 Å². The number of carbonyl (C=O) groups excluding carboxylic acids is 1. The van der Waals surface area contributed by atoms with Gasteiger partial charge >= 0.3 is 6.03 Å². The summed E-state index contributed by atoms with van der Waals surface area (Å²) in [6, 6.07) is -0.0903. The van der Waals surface area contributed by atoms with E-state index in [-0.39, 0.29) is 11.8 Å². The summed E-state index contributed by atoms with van der Waals surface area (Å²) in [6.07, 6.45) is 2.47. The Morgan fingerprint density at radius 2 is 1.74 bits per heavy atom. The zero-order valence-electron chi connectivity index (χ0n) is 11.9. The maximum absolute atomic E-state index is 12.0. The molecule has 0 aliphatic carbocycles. The van der Waals surface area contributed by atoms with E-state index in [0.717, 1.165) is 12.8 Å². The number of hydrogen-bond donors (Lipinski definition) is 1. The van der Waals surface area contributed by atoms with Crippen LogP contribution >= 0.6 is 0 Å². The minimum Gasteiger partial charge on any atom is -0.338 e. The summed E-state index contributed by atoms with van der Waals surface area (Å²) in [4.78, 5) is 13.4. The fourth-order valence-electron chi connectivity index (χ4n) is 1.97. The molecule has 2 amide bonds. The van der Waals surface area contributed by atoms with Crippen LogP contribution in [0.25, 0.3) is 0 Å². The highest BCUT2D eigenvalue weighted by Gasteiger charge is 2.28. The number of piperazine rings is 1. The van der Waals surface area contributed by atoms with Crippen LogP contribution in [0, 0.1) is 0 Å². The Morgan fingerprint density at radius 1 is 1.11 bits per heavy atom. The number of rotatable bonds is 6. The quantitative estimate of drug-likeness (QED) is 0.789. The molecule has 0 radical (unpaired) electrons. The topological polar surface area (TPSA) is 69.7 Å². The zero-order valence-corrected chi connectivity index (χ0v) is 12.7. The van der Waals surface area contributed by atoms with Crippen LogP contribution in [0.15, 0.2) is 0 Å². The van der Waals surface area contributed by atoms with Crippen LogP contribution in [0.5, 0.6) is 0 Å². The smallest absolute Gasteiger partial charge is 0.317 e. The number of nitrogens with one attached hydrogen (secondary N) is 1. The highest BCUT2D eigenvalue weighted by atomic mass is 32.2. The fourth-order valence-corrected chi connectivity index (χ4v) is 3.60. The van der Waals surface area contributed by atoms with Crippen LogP contribution in [-0.2, 0) is 10.0 Å². The van der Waals surface area contributed by atoms with Crippen molar-refractivity contribution in [2.45, 2.75) is 33.1 Å². The van der Waals surface area contributed by atoms with Crippen molar-refractivity contribution in [3.8, 4) is 0 Å². The van der Waals surface area contributed by atoms with Gasteiger partial charge in [-0.25, -0.2) is 13.2 Å². The van der Waals surface area contributed by atoms with Gasteiger partial charge in [-0.05, 0) is 12.8 Å². The third kappa shape index (κ3) is 4.99. The molecule has 0 aromatic heterocycles. The maximum atomic E-state index is 12.0. The molecule has 0 saturated carbocycles. The highest BCUT2D eigenvalue weighted by Crippen LogP contribution is 2.10. The zero-order chi connectivity index (χ0) is 14.3. The van der Waals surface area contributed by atoms with Crippen molar-refractivity contribution < 1.29 is 13.2 Å².